The van der Waals surface area contributed by atoms with E-state index in [-0.39, 0.29) is 29.3 Å². The van der Waals surface area contributed by atoms with E-state index in [1.807, 2.05) is 84.9 Å². The van der Waals surface area contributed by atoms with Gasteiger partial charge >= 0.3 is 0 Å². The van der Waals surface area contributed by atoms with Gasteiger partial charge in [-0.15, -0.1) is 0 Å². The van der Waals surface area contributed by atoms with Gasteiger partial charge in [-0.2, -0.15) is 0 Å². The van der Waals surface area contributed by atoms with Crippen molar-refractivity contribution < 1.29 is 11.3 Å². The molecule has 7 aromatic carbocycles. The van der Waals surface area contributed by atoms with E-state index in [1.54, 1.807) is 0 Å². The number of hydrogen-bond donors (Lipinski definition) is 0. The summed E-state index contributed by atoms with van der Waals surface area (Å²) >= 11 is 0. The van der Waals surface area contributed by atoms with Gasteiger partial charge in [0.05, 0.1) is 6.85 Å². The number of hydrogen-bond acceptors (Lipinski definition) is 4. The highest BCUT2D eigenvalue weighted by Crippen LogP contribution is 2.38. The van der Waals surface area contributed by atoms with E-state index in [0.29, 0.717) is 22.5 Å². The molecule has 0 atom stereocenters. The number of nitrogens with zero attached hydrogens (tertiary/aromatic N) is 3. The summed E-state index contributed by atoms with van der Waals surface area (Å²) in [4.78, 5) is 14.5. The maximum absolute atomic E-state index is 8.72. The molecule has 4 heteroatoms. The molecule has 0 bridgehead atoms. The third kappa shape index (κ3) is 4.35. The summed E-state index contributed by atoms with van der Waals surface area (Å²) < 4.78 is 48.6. The Balaban J connectivity index is 1.28. The molecule has 0 spiro atoms. The molecular formula is C41H25N3O. The van der Waals surface area contributed by atoms with E-state index < -0.39 is 18.1 Å². The standard InChI is InChI=1S/C41H25N3O/c1-2-11-28(12-3-1)39-42-40(29-22-20-27(21-23-29)33-17-8-15-26-10-6-7-16-32(26)33)44-41(43-39)34-18-9-19-36-38(34)35-24-30-13-4-5-14-31(30)25-37(35)45-36/h1-25H/i1D,2D,3D,11D,12D. The lowest BCUT2D eigenvalue weighted by molar-refractivity contribution is 0.669. The second-order valence-corrected chi connectivity index (χ2v) is 10.9. The molecule has 0 amide bonds. The first-order valence-corrected chi connectivity index (χ1v) is 14.6. The molecule has 0 aliphatic heterocycles. The quantitative estimate of drug-likeness (QED) is 0.208. The summed E-state index contributed by atoms with van der Waals surface area (Å²) in [6, 6.07) is 38.0. The second-order valence-electron chi connectivity index (χ2n) is 10.9. The molecule has 2 heterocycles. The Morgan fingerprint density at radius 3 is 1.89 bits per heavy atom. The molecule has 0 N–H and O–H groups in total. The van der Waals surface area contributed by atoms with E-state index in [9.17, 15) is 0 Å². The first-order chi connectivity index (χ1) is 24.4. The van der Waals surface area contributed by atoms with E-state index in [4.69, 9.17) is 26.2 Å². The molecule has 0 saturated heterocycles. The topological polar surface area (TPSA) is 51.8 Å². The van der Waals surface area contributed by atoms with Crippen molar-refractivity contribution in [2.45, 2.75) is 0 Å². The van der Waals surface area contributed by atoms with Gasteiger partial charge < -0.3 is 4.42 Å². The third-order valence-electron chi connectivity index (χ3n) is 8.21. The normalized spacial score (nSPS) is 13.1. The fraction of sp³-hybridized carbons (Fsp3) is 0. The van der Waals surface area contributed by atoms with Gasteiger partial charge in [0.1, 0.15) is 11.2 Å². The Bertz CT molecular complexity index is 2800. The molecule has 0 fully saturated rings. The minimum Gasteiger partial charge on any atom is -0.456 e. The van der Waals surface area contributed by atoms with Crippen molar-refractivity contribution in [3.8, 4) is 45.3 Å². The van der Waals surface area contributed by atoms with Crippen LogP contribution in [0.15, 0.2) is 156 Å². The summed E-state index contributed by atoms with van der Waals surface area (Å²) in [5.74, 6) is 0.573. The molecule has 210 valence electrons. The molecule has 45 heavy (non-hydrogen) atoms. The molecule has 0 saturated carbocycles. The van der Waals surface area contributed by atoms with Crippen molar-refractivity contribution in [2.75, 3.05) is 0 Å². The van der Waals surface area contributed by atoms with Gasteiger partial charge in [0.2, 0.25) is 0 Å². The van der Waals surface area contributed by atoms with Crippen LogP contribution in [0.25, 0.3) is 88.8 Å². The Kier molecular flexibility index (Phi) is 4.72. The lowest BCUT2D eigenvalue weighted by Crippen LogP contribution is -2.00. The lowest BCUT2D eigenvalue weighted by Gasteiger charge is -2.10. The van der Waals surface area contributed by atoms with Crippen molar-refractivity contribution in [3.05, 3.63) is 152 Å². The van der Waals surface area contributed by atoms with Crippen molar-refractivity contribution >= 4 is 43.5 Å². The molecule has 9 aromatic rings. The average Bonchev–Trinajstić information content (AvgIpc) is 3.52. The van der Waals surface area contributed by atoms with Crippen LogP contribution in [0.1, 0.15) is 6.85 Å². The predicted octanol–water partition coefficient (Wildman–Crippen LogP) is 10.7. The van der Waals surface area contributed by atoms with Crippen molar-refractivity contribution in [3.63, 3.8) is 0 Å². The highest BCUT2D eigenvalue weighted by atomic mass is 16.3. The summed E-state index contributed by atoms with van der Waals surface area (Å²) in [7, 11) is 0. The smallest absolute Gasteiger partial charge is 0.164 e. The average molecular weight is 581 g/mol. The lowest BCUT2D eigenvalue weighted by atomic mass is 9.97. The van der Waals surface area contributed by atoms with Crippen LogP contribution >= 0.6 is 0 Å². The summed E-state index contributed by atoms with van der Waals surface area (Å²) in [5.41, 5.74) is 4.74. The molecule has 0 aliphatic carbocycles. The molecule has 0 radical (unpaired) electrons. The molecule has 4 nitrogen and oxygen atoms in total. The first kappa shape index (κ1) is 20.7. The first-order valence-electron chi connectivity index (χ1n) is 17.1. The largest absolute Gasteiger partial charge is 0.456 e. The van der Waals surface area contributed by atoms with Gasteiger partial charge in [0.25, 0.3) is 0 Å². The zero-order valence-corrected chi connectivity index (χ0v) is 23.8. The van der Waals surface area contributed by atoms with Crippen LogP contribution in [0.3, 0.4) is 0 Å². The maximum atomic E-state index is 8.72. The van der Waals surface area contributed by atoms with Crippen LogP contribution in [0.4, 0.5) is 0 Å². The highest BCUT2D eigenvalue weighted by molar-refractivity contribution is 6.15. The van der Waals surface area contributed by atoms with Crippen LogP contribution < -0.4 is 0 Å². The van der Waals surface area contributed by atoms with Crippen LogP contribution in [-0.4, -0.2) is 15.0 Å². The Hall–Kier alpha value is -6.13. The van der Waals surface area contributed by atoms with Crippen molar-refractivity contribution in [2.24, 2.45) is 0 Å². The number of furan rings is 1. The molecular weight excluding hydrogens is 550 g/mol. The number of aromatic nitrogens is 3. The van der Waals surface area contributed by atoms with Gasteiger partial charge in [0.15, 0.2) is 17.5 Å². The second kappa shape index (κ2) is 10.2. The molecule has 0 unspecified atom stereocenters. The van der Waals surface area contributed by atoms with E-state index in [0.717, 1.165) is 49.0 Å². The Morgan fingerprint density at radius 2 is 1.07 bits per heavy atom. The summed E-state index contributed by atoms with van der Waals surface area (Å²) in [5, 5.41) is 6.09. The number of rotatable bonds is 4. The van der Waals surface area contributed by atoms with Gasteiger partial charge in [-0.05, 0) is 50.9 Å². The van der Waals surface area contributed by atoms with Crippen LogP contribution in [0.2, 0.25) is 0 Å². The summed E-state index contributed by atoms with van der Waals surface area (Å²) in [6.07, 6.45) is 0. The third-order valence-corrected chi connectivity index (χ3v) is 8.21. The SMILES string of the molecule is [2H]c1c([2H])c([2H])c(-c2nc(-c3ccc(-c4cccc5ccccc45)cc3)nc(-c3cccc4oc5cc6ccccc6cc5c34)n2)c([2H])c1[2H]. The molecule has 9 rings (SSSR count). The zero-order chi connectivity index (χ0) is 34.1. The van der Waals surface area contributed by atoms with Crippen molar-refractivity contribution in [1.29, 1.82) is 0 Å². The Labute approximate surface area is 266 Å². The molecule has 2 aromatic heterocycles. The monoisotopic (exact) mass is 580 g/mol. The zero-order valence-electron chi connectivity index (χ0n) is 28.8. The van der Waals surface area contributed by atoms with Gasteiger partial charge in [0, 0.05) is 27.5 Å². The fourth-order valence-electron chi connectivity index (χ4n) is 6.07. The van der Waals surface area contributed by atoms with Gasteiger partial charge in [-0.25, -0.2) is 15.0 Å². The fourth-order valence-corrected chi connectivity index (χ4v) is 6.07. The maximum Gasteiger partial charge on any atom is 0.164 e. The Morgan fingerprint density at radius 1 is 0.444 bits per heavy atom. The summed E-state index contributed by atoms with van der Waals surface area (Å²) in [6.45, 7) is 0. The number of benzene rings is 7. The van der Waals surface area contributed by atoms with Gasteiger partial charge in [-0.1, -0.05) is 133 Å². The van der Waals surface area contributed by atoms with E-state index >= 15 is 0 Å². The molecule has 0 aliphatic rings. The van der Waals surface area contributed by atoms with E-state index in [1.165, 1.54) is 0 Å². The highest BCUT2D eigenvalue weighted by Gasteiger charge is 2.18. The van der Waals surface area contributed by atoms with Crippen molar-refractivity contribution in [1.82, 2.24) is 15.0 Å². The van der Waals surface area contributed by atoms with Crippen LogP contribution in [-0.2, 0) is 0 Å². The minimum atomic E-state index is -0.482. The van der Waals surface area contributed by atoms with Crippen LogP contribution in [0.5, 0.6) is 0 Å². The van der Waals surface area contributed by atoms with E-state index in [2.05, 4.69) is 36.4 Å². The van der Waals surface area contributed by atoms with Crippen LogP contribution in [0, 0.1) is 0 Å². The minimum absolute atomic E-state index is 0.0182. The number of fused-ring (bicyclic) bond motifs is 5. The predicted molar refractivity (Wildman–Crippen MR) is 184 cm³/mol. The van der Waals surface area contributed by atoms with Gasteiger partial charge in [-0.3, -0.25) is 0 Å².